The maximum absolute atomic E-state index is 12.1. The summed E-state index contributed by atoms with van der Waals surface area (Å²) in [5, 5.41) is 3.16. The van der Waals surface area contributed by atoms with E-state index >= 15 is 0 Å². The van der Waals surface area contributed by atoms with Crippen LogP contribution in [0, 0.1) is 23.2 Å². The van der Waals surface area contributed by atoms with Crippen LogP contribution in [0.2, 0.25) is 0 Å². The molecule has 0 aromatic heterocycles. The summed E-state index contributed by atoms with van der Waals surface area (Å²) in [7, 11) is 0. The number of amides is 1. The van der Waals surface area contributed by atoms with E-state index in [1.54, 1.807) is 0 Å². The minimum Gasteiger partial charge on any atom is -0.356 e. The molecule has 0 saturated heterocycles. The Labute approximate surface area is 131 Å². The number of hydrogen-bond donors (Lipinski definition) is 2. The molecule has 0 aliphatic heterocycles. The molecule has 1 aliphatic rings. The highest BCUT2D eigenvalue weighted by Crippen LogP contribution is 2.32. The van der Waals surface area contributed by atoms with Crippen LogP contribution in [0.4, 0.5) is 0 Å². The predicted molar refractivity (Wildman–Crippen MR) is 90.0 cm³/mol. The van der Waals surface area contributed by atoms with Crippen molar-refractivity contribution in [3.63, 3.8) is 0 Å². The van der Waals surface area contributed by atoms with Crippen LogP contribution < -0.4 is 11.1 Å². The number of nitrogens with two attached hydrogens (primary N) is 1. The van der Waals surface area contributed by atoms with Gasteiger partial charge in [-0.05, 0) is 49.0 Å². The monoisotopic (exact) mass is 296 g/mol. The highest BCUT2D eigenvalue weighted by atomic mass is 16.1. The fourth-order valence-corrected chi connectivity index (χ4v) is 3.55. The first kappa shape index (κ1) is 18.5. The molecule has 0 aromatic carbocycles. The summed E-state index contributed by atoms with van der Waals surface area (Å²) in [6.45, 7) is 10.6. The Balaban J connectivity index is 2.29. The summed E-state index contributed by atoms with van der Waals surface area (Å²) in [6.07, 6.45) is 7.89. The second-order valence-corrected chi connectivity index (χ2v) is 8.00. The maximum Gasteiger partial charge on any atom is 0.220 e. The zero-order valence-electron chi connectivity index (χ0n) is 14.6. The van der Waals surface area contributed by atoms with E-state index in [9.17, 15) is 4.79 Å². The Morgan fingerprint density at radius 2 is 1.90 bits per heavy atom. The number of carbonyl (C=O) groups is 1. The van der Waals surface area contributed by atoms with Gasteiger partial charge in [-0.25, -0.2) is 0 Å². The summed E-state index contributed by atoms with van der Waals surface area (Å²) in [5.74, 6) is 2.20. The molecule has 0 bridgehead atoms. The summed E-state index contributed by atoms with van der Waals surface area (Å²) < 4.78 is 0. The van der Waals surface area contributed by atoms with Crippen molar-refractivity contribution in [2.75, 3.05) is 13.1 Å². The van der Waals surface area contributed by atoms with Gasteiger partial charge in [0.2, 0.25) is 5.91 Å². The molecule has 0 radical (unpaired) electrons. The third-order valence-electron chi connectivity index (χ3n) is 5.31. The molecule has 3 N–H and O–H groups in total. The van der Waals surface area contributed by atoms with E-state index < -0.39 is 0 Å². The van der Waals surface area contributed by atoms with Gasteiger partial charge in [0.25, 0.3) is 0 Å². The number of nitrogens with one attached hydrogen (secondary N) is 1. The van der Waals surface area contributed by atoms with Crippen molar-refractivity contribution >= 4 is 5.91 Å². The zero-order valence-corrected chi connectivity index (χ0v) is 14.6. The third kappa shape index (κ3) is 6.82. The van der Waals surface area contributed by atoms with Gasteiger partial charge in [-0.3, -0.25) is 4.79 Å². The maximum atomic E-state index is 12.1. The van der Waals surface area contributed by atoms with Crippen molar-refractivity contribution in [3.05, 3.63) is 0 Å². The average Bonchev–Trinajstić information content (AvgIpc) is 2.41. The van der Waals surface area contributed by atoms with E-state index in [4.69, 9.17) is 5.73 Å². The van der Waals surface area contributed by atoms with Crippen molar-refractivity contribution in [2.24, 2.45) is 28.9 Å². The van der Waals surface area contributed by atoms with Crippen molar-refractivity contribution in [3.8, 4) is 0 Å². The van der Waals surface area contributed by atoms with Crippen molar-refractivity contribution < 1.29 is 4.79 Å². The molecule has 0 aromatic rings. The molecule has 21 heavy (non-hydrogen) atoms. The highest BCUT2D eigenvalue weighted by Gasteiger charge is 2.25. The van der Waals surface area contributed by atoms with Gasteiger partial charge in [-0.15, -0.1) is 0 Å². The Morgan fingerprint density at radius 3 is 2.48 bits per heavy atom. The first-order valence-electron chi connectivity index (χ1n) is 8.81. The topological polar surface area (TPSA) is 55.1 Å². The van der Waals surface area contributed by atoms with E-state index in [-0.39, 0.29) is 11.3 Å². The molecular formula is C18H36N2O. The van der Waals surface area contributed by atoms with Crippen LogP contribution in [0.1, 0.15) is 72.6 Å². The van der Waals surface area contributed by atoms with Crippen LogP contribution in [0.15, 0.2) is 0 Å². The lowest BCUT2D eigenvalue weighted by Gasteiger charge is -2.31. The molecule has 3 heteroatoms. The summed E-state index contributed by atoms with van der Waals surface area (Å²) in [4.78, 5) is 12.1. The normalized spacial score (nSPS) is 24.6. The van der Waals surface area contributed by atoms with Crippen LogP contribution in [-0.2, 0) is 4.79 Å². The summed E-state index contributed by atoms with van der Waals surface area (Å²) in [6, 6.07) is 0. The van der Waals surface area contributed by atoms with E-state index in [1.165, 1.54) is 25.7 Å². The van der Waals surface area contributed by atoms with Gasteiger partial charge in [0.05, 0.1) is 0 Å². The molecule has 3 atom stereocenters. The number of rotatable bonds is 7. The smallest absolute Gasteiger partial charge is 0.220 e. The van der Waals surface area contributed by atoms with Crippen LogP contribution in [0.5, 0.6) is 0 Å². The molecule has 3 unspecified atom stereocenters. The number of carbonyl (C=O) groups excluding carboxylic acids is 1. The van der Waals surface area contributed by atoms with Crippen LogP contribution in [-0.4, -0.2) is 19.0 Å². The molecule has 124 valence electrons. The van der Waals surface area contributed by atoms with Gasteiger partial charge in [-0.2, -0.15) is 0 Å². The van der Waals surface area contributed by atoms with Gasteiger partial charge in [0.15, 0.2) is 0 Å². The lowest BCUT2D eigenvalue weighted by molar-refractivity contribution is -0.121. The lowest BCUT2D eigenvalue weighted by atomic mass is 9.76. The minimum absolute atomic E-state index is 0.221. The Bertz CT molecular complexity index is 309. The van der Waals surface area contributed by atoms with E-state index in [0.717, 1.165) is 25.3 Å². The van der Waals surface area contributed by atoms with E-state index in [0.29, 0.717) is 24.8 Å². The molecule has 0 heterocycles. The lowest BCUT2D eigenvalue weighted by Crippen LogP contribution is -2.34. The molecule has 3 nitrogen and oxygen atoms in total. The zero-order chi connectivity index (χ0) is 15.9. The first-order chi connectivity index (χ1) is 9.84. The van der Waals surface area contributed by atoms with E-state index in [1.807, 2.05) is 0 Å². The fraction of sp³-hybridized carbons (Fsp3) is 0.944. The second kappa shape index (κ2) is 8.77. The van der Waals surface area contributed by atoms with Gasteiger partial charge >= 0.3 is 0 Å². The number of hydrogen-bond acceptors (Lipinski definition) is 2. The quantitative estimate of drug-likeness (QED) is 0.752. The summed E-state index contributed by atoms with van der Waals surface area (Å²) >= 11 is 0. The first-order valence-corrected chi connectivity index (χ1v) is 8.81. The fourth-order valence-electron chi connectivity index (χ4n) is 3.55. The van der Waals surface area contributed by atoms with Crippen molar-refractivity contribution in [1.29, 1.82) is 0 Å². The average molecular weight is 296 g/mol. The SMILES string of the molecule is CC1CCCCC1CNC(=O)CCC(CCN)C(C)(C)C. The summed E-state index contributed by atoms with van der Waals surface area (Å²) in [5.41, 5.74) is 5.94. The third-order valence-corrected chi connectivity index (χ3v) is 5.31. The van der Waals surface area contributed by atoms with Crippen LogP contribution in [0.25, 0.3) is 0 Å². The Kier molecular flexibility index (Phi) is 7.72. The molecular weight excluding hydrogens is 260 g/mol. The Morgan fingerprint density at radius 1 is 1.24 bits per heavy atom. The van der Waals surface area contributed by atoms with Gasteiger partial charge in [-0.1, -0.05) is 47.0 Å². The largest absolute Gasteiger partial charge is 0.356 e. The van der Waals surface area contributed by atoms with Crippen molar-refractivity contribution in [1.82, 2.24) is 5.32 Å². The van der Waals surface area contributed by atoms with Crippen LogP contribution >= 0.6 is 0 Å². The molecule has 1 amide bonds. The van der Waals surface area contributed by atoms with Crippen molar-refractivity contribution in [2.45, 2.75) is 72.6 Å². The minimum atomic E-state index is 0.221. The highest BCUT2D eigenvalue weighted by molar-refractivity contribution is 5.75. The Hall–Kier alpha value is -0.570. The molecule has 1 aliphatic carbocycles. The molecule has 0 spiro atoms. The molecule has 1 saturated carbocycles. The van der Waals surface area contributed by atoms with Crippen LogP contribution in [0.3, 0.4) is 0 Å². The van der Waals surface area contributed by atoms with Gasteiger partial charge < -0.3 is 11.1 Å². The molecule has 1 rings (SSSR count). The predicted octanol–water partition coefficient (Wildman–Crippen LogP) is 3.72. The van der Waals surface area contributed by atoms with Gasteiger partial charge in [0, 0.05) is 13.0 Å². The van der Waals surface area contributed by atoms with E-state index in [2.05, 4.69) is 33.0 Å². The standard InChI is InChI=1S/C18H36N2O/c1-14-7-5-6-8-15(14)13-20-17(21)10-9-16(11-12-19)18(2,3)4/h14-16H,5-13,19H2,1-4H3,(H,20,21). The molecule has 1 fully saturated rings. The second-order valence-electron chi connectivity index (χ2n) is 8.00. The van der Waals surface area contributed by atoms with Gasteiger partial charge in [0.1, 0.15) is 0 Å².